The van der Waals surface area contributed by atoms with Crippen molar-refractivity contribution in [2.75, 3.05) is 5.73 Å². The lowest BCUT2D eigenvalue weighted by Gasteiger charge is -2.07. The van der Waals surface area contributed by atoms with E-state index in [1.165, 1.54) is 5.56 Å². The van der Waals surface area contributed by atoms with Gasteiger partial charge in [-0.1, -0.05) is 43.7 Å². The van der Waals surface area contributed by atoms with Crippen LogP contribution in [-0.2, 0) is 7.05 Å². The SMILES string of the molecule is Cc1ccc(-c2nn(C)c(N)c2C(C)C)cc1. The summed E-state index contributed by atoms with van der Waals surface area (Å²) in [6, 6.07) is 8.40. The van der Waals surface area contributed by atoms with Crippen molar-refractivity contribution in [3.63, 3.8) is 0 Å². The second-order valence-electron chi connectivity index (χ2n) is 4.79. The minimum absolute atomic E-state index is 0.375. The Labute approximate surface area is 102 Å². The minimum atomic E-state index is 0.375. The molecule has 0 saturated heterocycles. The number of anilines is 1. The van der Waals surface area contributed by atoms with Crippen molar-refractivity contribution in [3.8, 4) is 11.3 Å². The van der Waals surface area contributed by atoms with Gasteiger partial charge in [-0.2, -0.15) is 5.10 Å². The van der Waals surface area contributed by atoms with Gasteiger partial charge in [-0.3, -0.25) is 4.68 Å². The topological polar surface area (TPSA) is 43.8 Å². The number of rotatable bonds is 2. The van der Waals surface area contributed by atoms with E-state index in [2.05, 4.69) is 50.1 Å². The van der Waals surface area contributed by atoms with Gasteiger partial charge >= 0.3 is 0 Å². The molecule has 1 aromatic heterocycles. The van der Waals surface area contributed by atoms with Crippen molar-refractivity contribution in [1.29, 1.82) is 0 Å². The summed E-state index contributed by atoms with van der Waals surface area (Å²) in [5.41, 5.74) is 10.6. The van der Waals surface area contributed by atoms with E-state index >= 15 is 0 Å². The second-order valence-corrected chi connectivity index (χ2v) is 4.79. The predicted octanol–water partition coefficient (Wildman–Crippen LogP) is 3.10. The Morgan fingerprint density at radius 3 is 2.29 bits per heavy atom. The first-order valence-electron chi connectivity index (χ1n) is 5.90. The van der Waals surface area contributed by atoms with Crippen molar-refractivity contribution < 1.29 is 0 Å². The summed E-state index contributed by atoms with van der Waals surface area (Å²) in [5, 5.41) is 4.52. The van der Waals surface area contributed by atoms with Gasteiger partial charge in [0.25, 0.3) is 0 Å². The summed E-state index contributed by atoms with van der Waals surface area (Å²) in [4.78, 5) is 0. The van der Waals surface area contributed by atoms with E-state index in [9.17, 15) is 0 Å². The molecule has 2 aromatic rings. The lowest BCUT2D eigenvalue weighted by Crippen LogP contribution is -2.00. The first-order valence-corrected chi connectivity index (χ1v) is 5.90. The van der Waals surface area contributed by atoms with E-state index in [1.54, 1.807) is 4.68 Å². The molecule has 0 radical (unpaired) electrons. The molecule has 0 amide bonds. The lowest BCUT2D eigenvalue weighted by atomic mass is 9.98. The maximum atomic E-state index is 6.07. The molecular formula is C14H19N3. The first-order chi connectivity index (χ1) is 8.00. The Morgan fingerprint density at radius 2 is 1.76 bits per heavy atom. The Bertz CT molecular complexity index is 521. The third-order valence-electron chi connectivity index (χ3n) is 3.03. The van der Waals surface area contributed by atoms with Crippen LogP contribution in [0.4, 0.5) is 5.82 Å². The zero-order valence-electron chi connectivity index (χ0n) is 10.9. The smallest absolute Gasteiger partial charge is 0.125 e. The van der Waals surface area contributed by atoms with Gasteiger partial charge in [-0.15, -0.1) is 0 Å². The Balaban J connectivity index is 2.59. The third kappa shape index (κ3) is 2.05. The van der Waals surface area contributed by atoms with Crippen LogP contribution in [0.1, 0.15) is 30.9 Å². The van der Waals surface area contributed by atoms with Gasteiger partial charge in [0.05, 0.1) is 5.69 Å². The lowest BCUT2D eigenvalue weighted by molar-refractivity contribution is 0.780. The molecule has 0 unspecified atom stereocenters. The molecular weight excluding hydrogens is 210 g/mol. The molecule has 2 rings (SSSR count). The van der Waals surface area contributed by atoms with Crippen LogP contribution in [0, 0.1) is 6.92 Å². The molecule has 17 heavy (non-hydrogen) atoms. The van der Waals surface area contributed by atoms with Crippen molar-refractivity contribution in [1.82, 2.24) is 9.78 Å². The Kier molecular flexibility index (Phi) is 2.92. The fourth-order valence-electron chi connectivity index (χ4n) is 2.05. The van der Waals surface area contributed by atoms with Gasteiger partial charge in [0, 0.05) is 18.2 Å². The largest absolute Gasteiger partial charge is 0.384 e. The second kappa shape index (κ2) is 4.24. The zero-order chi connectivity index (χ0) is 12.6. The van der Waals surface area contributed by atoms with E-state index in [-0.39, 0.29) is 0 Å². The molecule has 0 saturated carbocycles. The van der Waals surface area contributed by atoms with E-state index in [0.29, 0.717) is 5.92 Å². The van der Waals surface area contributed by atoms with E-state index in [0.717, 1.165) is 22.6 Å². The summed E-state index contributed by atoms with van der Waals surface area (Å²) >= 11 is 0. The van der Waals surface area contributed by atoms with Crippen molar-refractivity contribution in [2.45, 2.75) is 26.7 Å². The monoisotopic (exact) mass is 229 g/mol. The quantitative estimate of drug-likeness (QED) is 0.860. The highest BCUT2D eigenvalue weighted by Gasteiger charge is 2.17. The molecule has 0 aliphatic rings. The summed E-state index contributed by atoms with van der Waals surface area (Å²) in [6.07, 6.45) is 0. The maximum Gasteiger partial charge on any atom is 0.125 e. The fraction of sp³-hybridized carbons (Fsp3) is 0.357. The number of benzene rings is 1. The third-order valence-corrected chi connectivity index (χ3v) is 3.03. The summed E-state index contributed by atoms with van der Waals surface area (Å²) in [5.74, 6) is 1.13. The number of aryl methyl sites for hydroxylation is 2. The molecule has 3 heteroatoms. The minimum Gasteiger partial charge on any atom is -0.384 e. The van der Waals surface area contributed by atoms with Crippen LogP contribution >= 0.6 is 0 Å². The van der Waals surface area contributed by atoms with Gasteiger partial charge in [0.15, 0.2) is 0 Å². The number of hydrogen-bond donors (Lipinski definition) is 1. The van der Waals surface area contributed by atoms with Crippen LogP contribution in [0.2, 0.25) is 0 Å². The van der Waals surface area contributed by atoms with Crippen LogP contribution < -0.4 is 5.73 Å². The highest BCUT2D eigenvalue weighted by molar-refractivity contribution is 5.69. The van der Waals surface area contributed by atoms with Crippen molar-refractivity contribution in [2.24, 2.45) is 7.05 Å². The van der Waals surface area contributed by atoms with Crippen molar-refractivity contribution >= 4 is 5.82 Å². The highest BCUT2D eigenvalue weighted by Crippen LogP contribution is 2.32. The van der Waals surface area contributed by atoms with Gasteiger partial charge < -0.3 is 5.73 Å². The normalized spacial score (nSPS) is 11.1. The van der Waals surface area contributed by atoms with Crippen LogP contribution in [0.5, 0.6) is 0 Å². The van der Waals surface area contributed by atoms with Crippen LogP contribution in [0.15, 0.2) is 24.3 Å². The van der Waals surface area contributed by atoms with Gasteiger partial charge in [-0.05, 0) is 12.8 Å². The Morgan fingerprint density at radius 1 is 1.18 bits per heavy atom. The van der Waals surface area contributed by atoms with E-state index in [1.807, 2.05) is 7.05 Å². The molecule has 0 fully saturated rings. The molecule has 2 N–H and O–H groups in total. The molecule has 90 valence electrons. The molecule has 1 heterocycles. The number of nitrogens with two attached hydrogens (primary N) is 1. The summed E-state index contributed by atoms with van der Waals surface area (Å²) in [6.45, 7) is 6.37. The number of nitrogen functional groups attached to an aromatic ring is 1. The molecule has 0 atom stereocenters. The predicted molar refractivity (Wildman–Crippen MR) is 71.9 cm³/mol. The molecule has 3 nitrogen and oxygen atoms in total. The van der Waals surface area contributed by atoms with Gasteiger partial charge in [-0.25, -0.2) is 0 Å². The van der Waals surface area contributed by atoms with Gasteiger partial charge in [0.2, 0.25) is 0 Å². The average molecular weight is 229 g/mol. The molecule has 0 aliphatic heterocycles. The zero-order valence-corrected chi connectivity index (χ0v) is 10.9. The number of hydrogen-bond acceptors (Lipinski definition) is 2. The van der Waals surface area contributed by atoms with Crippen molar-refractivity contribution in [3.05, 3.63) is 35.4 Å². The first kappa shape index (κ1) is 11.7. The maximum absolute atomic E-state index is 6.07. The van der Waals surface area contributed by atoms with Crippen LogP contribution in [0.3, 0.4) is 0 Å². The Hall–Kier alpha value is -1.77. The van der Waals surface area contributed by atoms with Gasteiger partial charge in [0.1, 0.15) is 5.82 Å². The fourth-order valence-corrected chi connectivity index (χ4v) is 2.05. The number of aromatic nitrogens is 2. The molecule has 1 aromatic carbocycles. The molecule has 0 spiro atoms. The molecule has 0 aliphatic carbocycles. The molecule has 0 bridgehead atoms. The summed E-state index contributed by atoms with van der Waals surface area (Å²) < 4.78 is 1.75. The summed E-state index contributed by atoms with van der Waals surface area (Å²) in [7, 11) is 1.89. The van der Waals surface area contributed by atoms with E-state index < -0.39 is 0 Å². The number of nitrogens with zero attached hydrogens (tertiary/aromatic N) is 2. The highest BCUT2D eigenvalue weighted by atomic mass is 15.3. The standard InChI is InChI=1S/C14H19N3/c1-9(2)12-13(16-17(4)14(12)15)11-7-5-10(3)6-8-11/h5-9H,15H2,1-4H3. The van der Waals surface area contributed by atoms with Crippen LogP contribution in [0.25, 0.3) is 11.3 Å². The average Bonchev–Trinajstić information content (AvgIpc) is 2.56. The van der Waals surface area contributed by atoms with E-state index in [4.69, 9.17) is 5.73 Å². The van der Waals surface area contributed by atoms with Crippen LogP contribution in [-0.4, -0.2) is 9.78 Å².